The van der Waals surface area contributed by atoms with E-state index in [0.717, 1.165) is 37.0 Å². The third-order valence-corrected chi connectivity index (χ3v) is 11.0. The quantitative estimate of drug-likeness (QED) is 0.108. The average Bonchev–Trinajstić information content (AvgIpc) is 3.52. The van der Waals surface area contributed by atoms with Gasteiger partial charge in [0.2, 0.25) is 0 Å². The van der Waals surface area contributed by atoms with Gasteiger partial charge in [-0.1, -0.05) is 0 Å². The van der Waals surface area contributed by atoms with Gasteiger partial charge >= 0.3 is 39.2 Å². The lowest BCUT2D eigenvalue weighted by molar-refractivity contribution is -0.177. The predicted molar refractivity (Wildman–Crippen MR) is 134 cm³/mol. The van der Waals surface area contributed by atoms with Crippen LogP contribution in [-0.2, 0) is 57.7 Å². The predicted octanol–water partition coefficient (Wildman–Crippen LogP) is 1.76. The molecular formula is C27H34F2O13S. The van der Waals surface area contributed by atoms with E-state index in [4.69, 9.17) is 28.2 Å². The number of ether oxygens (including phenoxy) is 6. The summed E-state index contributed by atoms with van der Waals surface area (Å²) in [6.45, 7) is 0.773. The number of carbonyl (C=O) groups is 4. The van der Waals surface area contributed by atoms with Gasteiger partial charge in [0.25, 0.3) is 0 Å². The van der Waals surface area contributed by atoms with E-state index in [-0.39, 0.29) is 12.2 Å². The van der Waals surface area contributed by atoms with E-state index < -0.39 is 94.4 Å². The Kier molecular flexibility index (Phi) is 7.74. The summed E-state index contributed by atoms with van der Waals surface area (Å²) < 4.78 is 89.4. The van der Waals surface area contributed by atoms with Gasteiger partial charge in [-0.05, 0) is 68.6 Å². The van der Waals surface area contributed by atoms with E-state index in [1.54, 1.807) is 0 Å². The van der Waals surface area contributed by atoms with Gasteiger partial charge in [0.05, 0.1) is 19.4 Å². The standard InChI is InChI=1S/C27H34F2O13S/c1-12(27(28,29)43(34,35)36)39-16(30)2-3-17(31)40-22-20-18(19-21(41-20)23(22)42-25(19)33)24(32)38-11-37-10-26-7-13-4-14(8-26)6-15(5-13)9-26/h12-15,18-23H,2-11H2,1H3,(H,34,35,36). The van der Waals surface area contributed by atoms with Gasteiger partial charge in [0.15, 0.2) is 25.1 Å². The van der Waals surface area contributed by atoms with Gasteiger partial charge in [-0.25, -0.2) is 0 Å². The summed E-state index contributed by atoms with van der Waals surface area (Å²) >= 11 is 0. The second-order valence-electron chi connectivity index (χ2n) is 13.0. The molecule has 7 atom stereocenters. The molecule has 16 heteroatoms. The Labute approximate surface area is 245 Å². The van der Waals surface area contributed by atoms with Crippen LogP contribution in [0.3, 0.4) is 0 Å². The molecule has 3 saturated heterocycles. The van der Waals surface area contributed by atoms with Crippen molar-refractivity contribution in [3.05, 3.63) is 0 Å². The van der Waals surface area contributed by atoms with Gasteiger partial charge in [0, 0.05) is 0 Å². The fourth-order valence-electron chi connectivity index (χ4n) is 8.61. The van der Waals surface area contributed by atoms with Crippen molar-refractivity contribution in [3.63, 3.8) is 0 Å². The van der Waals surface area contributed by atoms with Gasteiger partial charge < -0.3 is 28.4 Å². The number of rotatable bonds is 12. The number of carbonyl (C=O) groups excluding carboxylic acids is 4. The van der Waals surface area contributed by atoms with Crippen molar-refractivity contribution in [1.82, 2.24) is 0 Å². The molecular weight excluding hydrogens is 602 g/mol. The van der Waals surface area contributed by atoms with Crippen LogP contribution in [0.25, 0.3) is 0 Å². The third kappa shape index (κ3) is 5.52. The zero-order valence-electron chi connectivity index (χ0n) is 23.4. The number of alkyl halides is 2. The smallest absolute Gasteiger partial charge is 0.405 e. The first-order valence-electron chi connectivity index (χ1n) is 14.5. The minimum absolute atomic E-state index is 0.125. The molecule has 7 unspecified atom stereocenters. The van der Waals surface area contributed by atoms with Gasteiger partial charge in [-0.3, -0.25) is 23.7 Å². The van der Waals surface area contributed by atoms with E-state index in [0.29, 0.717) is 13.5 Å². The van der Waals surface area contributed by atoms with Crippen molar-refractivity contribution in [2.45, 2.75) is 94.1 Å². The van der Waals surface area contributed by atoms with Gasteiger partial charge in [0.1, 0.15) is 24.0 Å². The SMILES string of the molecule is CC(OC(=O)CCC(=O)OC1C2OC(=O)C3C2OC1C3C(=O)OCOCC12CC3CC(CC(C3)C1)C2)C(F)(F)S(=O)(=O)O. The number of hydrogen-bond donors (Lipinski definition) is 1. The second-order valence-corrected chi connectivity index (χ2v) is 14.5. The first-order chi connectivity index (χ1) is 20.2. The summed E-state index contributed by atoms with van der Waals surface area (Å²) in [7, 11) is -5.84. The Morgan fingerprint density at radius 3 is 2.23 bits per heavy atom. The lowest BCUT2D eigenvalue weighted by atomic mass is 9.50. The summed E-state index contributed by atoms with van der Waals surface area (Å²) in [5.74, 6) is -3.59. The van der Waals surface area contributed by atoms with E-state index in [2.05, 4.69) is 4.74 Å². The Hall–Kier alpha value is -2.43. The highest BCUT2D eigenvalue weighted by Crippen LogP contribution is 2.60. The minimum Gasteiger partial charge on any atom is -0.455 e. The molecule has 0 amide bonds. The van der Waals surface area contributed by atoms with Crippen LogP contribution in [0.1, 0.15) is 58.3 Å². The lowest BCUT2D eigenvalue weighted by Crippen LogP contribution is -2.49. The molecule has 0 aromatic heterocycles. The highest BCUT2D eigenvalue weighted by atomic mass is 32.2. The molecule has 0 spiro atoms. The fourth-order valence-corrected chi connectivity index (χ4v) is 9.08. The van der Waals surface area contributed by atoms with E-state index in [1.807, 2.05) is 0 Å². The molecule has 7 fully saturated rings. The van der Waals surface area contributed by atoms with Crippen LogP contribution >= 0.6 is 0 Å². The summed E-state index contributed by atoms with van der Waals surface area (Å²) in [5, 5.41) is -4.75. The number of hydrogen-bond acceptors (Lipinski definition) is 12. The molecule has 3 aliphatic heterocycles. The molecule has 4 aliphatic carbocycles. The maximum Gasteiger partial charge on any atom is 0.405 e. The fraction of sp³-hybridized carbons (Fsp3) is 0.852. The minimum atomic E-state index is -5.84. The third-order valence-electron chi connectivity index (χ3n) is 9.96. The first kappa shape index (κ1) is 30.6. The molecule has 7 rings (SSSR count). The summed E-state index contributed by atoms with van der Waals surface area (Å²) in [5.41, 5.74) is 0.125. The normalized spacial score (nSPS) is 39.4. The molecule has 0 radical (unpaired) electrons. The van der Waals surface area contributed by atoms with Crippen molar-refractivity contribution < 1.29 is 69.4 Å². The molecule has 1 N–H and O–H groups in total. The van der Waals surface area contributed by atoms with Crippen molar-refractivity contribution in [1.29, 1.82) is 0 Å². The molecule has 240 valence electrons. The van der Waals surface area contributed by atoms with Crippen LogP contribution in [0, 0.1) is 35.0 Å². The Morgan fingerprint density at radius 1 is 1.02 bits per heavy atom. The summed E-state index contributed by atoms with van der Waals surface area (Å²) in [6.07, 6.45) is -0.709. The maximum atomic E-state index is 13.6. The second kappa shape index (κ2) is 10.9. The van der Waals surface area contributed by atoms with E-state index in [9.17, 15) is 36.4 Å². The van der Waals surface area contributed by atoms with Crippen LogP contribution in [0.15, 0.2) is 0 Å². The van der Waals surface area contributed by atoms with Crippen molar-refractivity contribution in [3.8, 4) is 0 Å². The molecule has 13 nitrogen and oxygen atoms in total. The van der Waals surface area contributed by atoms with Crippen LogP contribution in [0.4, 0.5) is 8.78 Å². The van der Waals surface area contributed by atoms with Gasteiger partial charge in [-0.2, -0.15) is 17.2 Å². The van der Waals surface area contributed by atoms with Crippen molar-refractivity contribution in [2.75, 3.05) is 13.4 Å². The Morgan fingerprint density at radius 2 is 1.63 bits per heavy atom. The van der Waals surface area contributed by atoms with Crippen molar-refractivity contribution >= 4 is 34.0 Å². The number of fused-ring (bicyclic) bond motifs is 1. The molecule has 7 aliphatic rings. The highest BCUT2D eigenvalue weighted by Gasteiger charge is 2.72. The van der Waals surface area contributed by atoms with Gasteiger partial charge in [-0.15, -0.1) is 0 Å². The average molecular weight is 637 g/mol. The molecule has 3 heterocycles. The highest BCUT2D eigenvalue weighted by molar-refractivity contribution is 7.86. The summed E-state index contributed by atoms with van der Waals surface area (Å²) in [6, 6.07) is 0. The monoisotopic (exact) mass is 636 g/mol. The maximum absolute atomic E-state index is 13.6. The number of esters is 4. The Bertz CT molecular complexity index is 1250. The zero-order chi connectivity index (χ0) is 30.9. The van der Waals surface area contributed by atoms with Crippen LogP contribution in [0.5, 0.6) is 0 Å². The molecule has 0 aromatic carbocycles. The zero-order valence-corrected chi connectivity index (χ0v) is 24.2. The van der Waals surface area contributed by atoms with Crippen LogP contribution < -0.4 is 0 Å². The molecule has 0 aromatic rings. The summed E-state index contributed by atoms with van der Waals surface area (Å²) in [4.78, 5) is 50.0. The number of halogens is 2. The lowest BCUT2D eigenvalue weighted by Gasteiger charge is -2.56. The topological polar surface area (TPSA) is 178 Å². The molecule has 43 heavy (non-hydrogen) atoms. The van der Waals surface area contributed by atoms with Crippen molar-refractivity contribution in [2.24, 2.45) is 35.0 Å². The Balaban J connectivity index is 0.989. The molecule has 4 saturated carbocycles. The van der Waals surface area contributed by atoms with Crippen LogP contribution in [0.2, 0.25) is 0 Å². The van der Waals surface area contributed by atoms with E-state index in [1.165, 1.54) is 19.3 Å². The van der Waals surface area contributed by atoms with E-state index >= 15 is 0 Å². The van der Waals surface area contributed by atoms with Crippen LogP contribution in [-0.4, -0.2) is 86.0 Å². The first-order valence-corrected chi connectivity index (χ1v) is 16.0. The molecule has 6 bridgehead atoms. The largest absolute Gasteiger partial charge is 0.455 e.